The molecule has 1 amide bonds. The van der Waals surface area contributed by atoms with E-state index in [2.05, 4.69) is 21.7 Å². The minimum absolute atomic E-state index is 0.0786. The number of rotatable bonds is 0. The molecule has 20 heavy (non-hydrogen) atoms. The van der Waals surface area contributed by atoms with Crippen LogP contribution in [0.1, 0.15) is 25.7 Å². The SMILES string of the molecule is O=C1Nc2cnc3ccccc3c2NC2CCCCC12. The number of aromatic nitrogens is 1. The Balaban J connectivity index is 1.87. The maximum Gasteiger partial charge on any atom is 0.229 e. The number of anilines is 2. The summed E-state index contributed by atoms with van der Waals surface area (Å²) in [6, 6.07) is 8.30. The highest BCUT2D eigenvalue weighted by atomic mass is 16.2. The van der Waals surface area contributed by atoms with Crippen LogP contribution in [0.3, 0.4) is 0 Å². The van der Waals surface area contributed by atoms with Crippen molar-refractivity contribution >= 4 is 28.2 Å². The van der Waals surface area contributed by atoms with E-state index in [1.54, 1.807) is 6.20 Å². The van der Waals surface area contributed by atoms with Gasteiger partial charge in [-0.25, -0.2) is 0 Å². The van der Waals surface area contributed by atoms with E-state index in [0.717, 1.165) is 41.5 Å². The Labute approximate surface area is 117 Å². The predicted molar refractivity (Wildman–Crippen MR) is 79.7 cm³/mol. The van der Waals surface area contributed by atoms with Crippen LogP contribution in [0.4, 0.5) is 11.4 Å². The zero-order valence-corrected chi connectivity index (χ0v) is 11.2. The highest BCUT2D eigenvalue weighted by molar-refractivity contribution is 6.05. The lowest BCUT2D eigenvalue weighted by Crippen LogP contribution is -2.37. The van der Waals surface area contributed by atoms with Gasteiger partial charge in [-0.1, -0.05) is 31.0 Å². The molecule has 0 radical (unpaired) electrons. The molecule has 1 aliphatic carbocycles. The number of nitrogens with zero attached hydrogens (tertiary/aromatic N) is 1. The first kappa shape index (κ1) is 11.7. The van der Waals surface area contributed by atoms with Crippen molar-refractivity contribution in [3.63, 3.8) is 0 Å². The van der Waals surface area contributed by atoms with E-state index in [1.807, 2.05) is 18.2 Å². The van der Waals surface area contributed by atoms with Gasteiger partial charge in [0.1, 0.15) is 0 Å². The van der Waals surface area contributed by atoms with Crippen LogP contribution >= 0.6 is 0 Å². The molecule has 102 valence electrons. The molecule has 2 heterocycles. The largest absolute Gasteiger partial charge is 0.379 e. The van der Waals surface area contributed by atoms with Crippen LogP contribution in [0.5, 0.6) is 0 Å². The van der Waals surface area contributed by atoms with E-state index in [4.69, 9.17) is 0 Å². The summed E-state index contributed by atoms with van der Waals surface area (Å²) < 4.78 is 0. The van der Waals surface area contributed by atoms with Gasteiger partial charge in [-0.05, 0) is 18.9 Å². The fourth-order valence-corrected chi connectivity index (χ4v) is 3.42. The van der Waals surface area contributed by atoms with Gasteiger partial charge in [0.25, 0.3) is 0 Å². The fourth-order valence-electron chi connectivity index (χ4n) is 3.42. The van der Waals surface area contributed by atoms with Gasteiger partial charge in [0.15, 0.2) is 0 Å². The van der Waals surface area contributed by atoms with Crippen molar-refractivity contribution in [3.05, 3.63) is 30.5 Å². The van der Waals surface area contributed by atoms with Crippen molar-refractivity contribution in [2.24, 2.45) is 5.92 Å². The smallest absolute Gasteiger partial charge is 0.229 e. The van der Waals surface area contributed by atoms with Crippen LogP contribution < -0.4 is 10.6 Å². The Kier molecular flexibility index (Phi) is 2.62. The number of carbonyl (C=O) groups is 1. The van der Waals surface area contributed by atoms with Gasteiger partial charge in [0.05, 0.1) is 29.0 Å². The normalized spacial score (nSPS) is 25.1. The topological polar surface area (TPSA) is 54.0 Å². The van der Waals surface area contributed by atoms with E-state index in [9.17, 15) is 4.79 Å². The minimum Gasteiger partial charge on any atom is -0.379 e. The number of pyridine rings is 1. The molecule has 2 aliphatic rings. The van der Waals surface area contributed by atoms with E-state index < -0.39 is 0 Å². The average Bonchev–Trinajstić information content (AvgIpc) is 2.64. The van der Waals surface area contributed by atoms with Crippen LogP contribution in [0.25, 0.3) is 10.9 Å². The number of para-hydroxylation sites is 1. The van der Waals surface area contributed by atoms with Gasteiger partial charge in [-0.2, -0.15) is 0 Å². The van der Waals surface area contributed by atoms with Gasteiger partial charge in [-0.15, -0.1) is 0 Å². The average molecular weight is 267 g/mol. The molecule has 1 aromatic heterocycles. The monoisotopic (exact) mass is 267 g/mol. The molecule has 0 bridgehead atoms. The van der Waals surface area contributed by atoms with Gasteiger partial charge in [0.2, 0.25) is 5.91 Å². The van der Waals surface area contributed by atoms with E-state index in [1.165, 1.54) is 6.42 Å². The quantitative estimate of drug-likeness (QED) is 0.771. The van der Waals surface area contributed by atoms with Crippen LogP contribution in [-0.2, 0) is 4.79 Å². The third-order valence-corrected chi connectivity index (χ3v) is 4.47. The third kappa shape index (κ3) is 1.75. The Bertz CT molecular complexity index is 682. The minimum atomic E-state index is 0.0786. The molecule has 4 rings (SSSR count). The predicted octanol–water partition coefficient (Wildman–Crippen LogP) is 3.16. The first-order valence-electron chi connectivity index (χ1n) is 7.28. The summed E-state index contributed by atoms with van der Waals surface area (Å²) in [5.41, 5.74) is 2.80. The Morgan fingerprint density at radius 3 is 2.95 bits per heavy atom. The Morgan fingerprint density at radius 2 is 2.00 bits per heavy atom. The summed E-state index contributed by atoms with van der Waals surface area (Å²) in [4.78, 5) is 16.8. The van der Waals surface area contributed by atoms with Gasteiger partial charge in [0, 0.05) is 11.4 Å². The van der Waals surface area contributed by atoms with Crippen molar-refractivity contribution in [1.29, 1.82) is 0 Å². The molecular weight excluding hydrogens is 250 g/mol. The molecule has 1 saturated carbocycles. The summed E-state index contributed by atoms with van der Waals surface area (Å²) in [6.45, 7) is 0. The summed E-state index contributed by atoms with van der Waals surface area (Å²) in [7, 11) is 0. The molecule has 0 spiro atoms. The highest BCUT2D eigenvalue weighted by Gasteiger charge is 2.34. The number of amides is 1. The van der Waals surface area contributed by atoms with Crippen LogP contribution in [0.15, 0.2) is 30.5 Å². The van der Waals surface area contributed by atoms with Crippen molar-refractivity contribution in [2.45, 2.75) is 31.7 Å². The zero-order valence-electron chi connectivity index (χ0n) is 11.2. The van der Waals surface area contributed by atoms with Gasteiger partial charge in [-0.3, -0.25) is 9.78 Å². The Hall–Kier alpha value is -2.10. The lowest BCUT2D eigenvalue weighted by atomic mass is 9.84. The van der Waals surface area contributed by atoms with Crippen LogP contribution in [0, 0.1) is 5.92 Å². The van der Waals surface area contributed by atoms with Crippen molar-refractivity contribution in [1.82, 2.24) is 4.98 Å². The first-order chi connectivity index (χ1) is 9.83. The second-order valence-corrected chi connectivity index (χ2v) is 5.70. The first-order valence-corrected chi connectivity index (χ1v) is 7.28. The molecule has 2 aromatic rings. The van der Waals surface area contributed by atoms with Crippen LogP contribution in [-0.4, -0.2) is 16.9 Å². The summed E-state index contributed by atoms with van der Waals surface area (Å²) in [5, 5.41) is 7.74. The number of hydrogen-bond acceptors (Lipinski definition) is 3. The van der Waals surface area contributed by atoms with E-state index in [-0.39, 0.29) is 17.9 Å². The molecule has 2 atom stereocenters. The molecular formula is C16H17N3O. The van der Waals surface area contributed by atoms with E-state index in [0.29, 0.717) is 0 Å². The number of nitrogens with one attached hydrogen (secondary N) is 2. The van der Waals surface area contributed by atoms with Crippen molar-refractivity contribution in [3.8, 4) is 0 Å². The zero-order chi connectivity index (χ0) is 13.5. The third-order valence-electron chi connectivity index (χ3n) is 4.47. The lowest BCUT2D eigenvalue weighted by Gasteiger charge is -2.29. The maximum absolute atomic E-state index is 12.4. The molecule has 4 heteroatoms. The maximum atomic E-state index is 12.4. The van der Waals surface area contributed by atoms with Gasteiger partial charge >= 0.3 is 0 Å². The summed E-state index contributed by atoms with van der Waals surface area (Å²) >= 11 is 0. The second-order valence-electron chi connectivity index (χ2n) is 5.70. The lowest BCUT2D eigenvalue weighted by molar-refractivity contribution is -0.120. The van der Waals surface area contributed by atoms with Crippen molar-refractivity contribution < 1.29 is 4.79 Å². The molecule has 2 unspecified atom stereocenters. The molecule has 4 nitrogen and oxygen atoms in total. The second kappa shape index (κ2) is 4.47. The Morgan fingerprint density at radius 1 is 1.15 bits per heavy atom. The molecule has 0 saturated heterocycles. The number of fused-ring (bicyclic) bond motifs is 4. The summed E-state index contributed by atoms with van der Waals surface area (Å²) in [5.74, 6) is 0.216. The number of benzene rings is 1. The molecule has 1 aliphatic heterocycles. The van der Waals surface area contributed by atoms with Crippen molar-refractivity contribution in [2.75, 3.05) is 10.6 Å². The summed E-state index contributed by atoms with van der Waals surface area (Å²) in [6.07, 6.45) is 6.14. The molecule has 1 aromatic carbocycles. The number of carbonyl (C=O) groups excluding carboxylic acids is 1. The fraction of sp³-hybridized carbons (Fsp3) is 0.375. The van der Waals surface area contributed by atoms with Gasteiger partial charge < -0.3 is 10.6 Å². The standard InChI is InChI=1S/C16H17N3O/c20-16-11-6-2-4-8-13(11)18-15-10-5-1-3-7-12(10)17-9-14(15)19-16/h1,3,5,7,9,11,13,18H,2,4,6,8H2,(H,19,20). The highest BCUT2D eigenvalue weighted by Crippen LogP contribution is 2.37. The molecule has 1 fully saturated rings. The van der Waals surface area contributed by atoms with Crippen LogP contribution in [0.2, 0.25) is 0 Å². The number of hydrogen-bond donors (Lipinski definition) is 2. The van der Waals surface area contributed by atoms with E-state index >= 15 is 0 Å². The molecule has 2 N–H and O–H groups in total.